The van der Waals surface area contributed by atoms with Crippen LogP contribution in [-0.2, 0) is 28.7 Å². The highest BCUT2D eigenvalue weighted by atomic mass is 32.2. The fourth-order valence-corrected chi connectivity index (χ4v) is 3.45. The van der Waals surface area contributed by atoms with E-state index in [-0.39, 0.29) is 24.6 Å². The van der Waals surface area contributed by atoms with Crippen LogP contribution in [0, 0.1) is 5.82 Å². The van der Waals surface area contributed by atoms with Gasteiger partial charge in [-0.1, -0.05) is 18.2 Å². The molecule has 6 nitrogen and oxygen atoms in total. The maximum atomic E-state index is 13.6. The van der Waals surface area contributed by atoms with Crippen LogP contribution in [0.2, 0.25) is 0 Å². The molecule has 0 unspecified atom stereocenters. The Balaban J connectivity index is 2.00. The summed E-state index contributed by atoms with van der Waals surface area (Å²) < 4.78 is 65.7. The van der Waals surface area contributed by atoms with Crippen LogP contribution in [-0.4, -0.2) is 34.3 Å². The molecule has 29 heavy (non-hydrogen) atoms. The molecular weight excluding hydrogens is 407 g/mol. The summed E-state index contributed by atoms with van der Waals surface area (Å²) >= 11 is 0. The minimum atomic E-state index is -3.28. The zero-order valence-corrected chi connectivity index (χ0v) is 16.8. The van der Waals surface area contributed by atoms with E-state index in [1.807, 2.05) is 0 Å². The maximum Gasteiger partial charge on any atom is 0.387 e. The van der Waals surface area contributed by atoms with Crippen molar-refractivity contribution in [2.45, 2.75) is 25.5 Å². The molecule has 0 fully saturated rings. The fourth-order valence-electron chi connectivity index (χ4n) is 2.60. The van der Waals surface area contributed by atoms with Gasteiger partial charge in [0.25, 0.3) is 0 Å². The van der Waals surface area contributed by atoms with Crippen LogP contribution in [0.1, 0.15) is 16.7 Å². The summed E-state index contributed by atoms with van der Waals surface area (Å²) in [5.74, 6) is -0.252. The number of aliphatic imine (C=N–C) groups is 1. The number of benzene rings is 2. The Morgan fingerprint density at radius 3 is 2.48 bits per heavy atom. The number of hydrogen-bond donors (Lipinski definition) is 2. The predicted octanol–water partition coefficient (Wildman–Crippen LogP) is 2.84. The average Bonchev–Trinajstić information content (AvgIpc) is 2.62. The number of sulfone groups is 1. The van der Waals surface area contributed by atoms with Crippen molar-refractivity contribution in [2.24, 2.45) is 4.99 Å². The average molecular weight is 429 g/mol. The van der Waals surface area contributed by atoms with E-state index in [2.05, 4.69) is 20.4 Å². The van der Waals surface area contributed by atoms with Crippen LogP contribution >= 0.6 is 0 Å². The van der Waals surface area contributed by atoms with Gasteiger partial charge in [-0.25, -0.2) is 12.8 Å². The van der Waals surface area contributed by atoms with Gasteiger partial charge in [-0.05, 0) is 41.0 Å². The lowest BCUT2D eigenvalue weighted by molar-refractivity contribution is -0.0498. The predicted molar refractivity (Wildman–Crippen MR) is 105 cm³/mol. The minimum Gasteiger partial charge on any atom is -0.435 e. The van der Waals surface area contributed by atoms with E-state index in [0.29, 0.717) is 22.6 Å². The van der Waals surface area contributed by atoms with Crippen molar-refractivity contribution in [3.63, 3.8) is 0 Å². The molecule has 0 amide bonds. The number of nitrogens with zero attached hydrogens (tertiary/aromatic N) is 1. The van der Waals surface area contributed by atoms with Crippen molar-refractivity contribution in [1.29, 1.82) is 0 Å². The van der Waals surface area contributed by atoms with Crippen molar-refractivity contribution < 1.29 is 26.3 Å². The van der Waals surface area contributed by atoms with Crippen LogP contribution in [0.3, 0.4) is 0 Å². The standard InChI is InChI=1S/C19H22F3N3O3S/c1-23-19(24-10-13-4-3-5-17(8-13)28-18(21)22)25-11-15-9-16(20)7-6-14(15)12-29(2,26)27/h3-9,18H,10-12H2,1-2H3,(H2,23,24,25). The van der Waals surface area contributed by atoms with Crippen molar-refractivity contribution in [3.05, 3.63) is 65.0 Å². The fraction of sp³-hybridized carbons (Fsp3) is 0.316. The van der Waals surface area contributed by atoms with Gasteiger partial charge in [0.1, 0.15) is 11.6 Å². The second kappa shape index (κ2) is 10.1. The van der Waals surface area contributed by atoms with E-state index in [4.69, 9.17) is 0 Å². The van der Waals surface area contributed by atoms with Crippen molar-refractivity contribution in [1.82, 2.24) is 10.6 Å². The maximum absolute atomic E-state index is 13.6. The van der Waals surface area contributed by atoms with Crippen LogP contribution in [0.15, 0.2) is 47.5 Å². The summed E-state index contributed by atoms with van der Waals surface area (Å²) in [7, 11) is -1.74. The Bertz CT molecular complexity index is 966. The van der Waals surface area contributed by atoms with Gasteiger partial charge in [0.2, 0.25) is 0 Å². The molecular formula is C19H22F3N3O3S. The molecule has 0 radical (unpaired) electrons. The normalized spacial score (nSPS) is 12.1. The summed E-state index contributed by atoms with van der Waals surface area (Å²) in [4.78, 5) is 4.05. The lowest BCUT2D eigenvalue weighted by atomic mass is 10.1. The molecule has 0 aromatic heterocycles. The van der Waals surface area contributed by atoms with Crippen LogP contribution in [0.5, 0.6) is 5.75 Å². The number of ether oxygens (including phenoxy) is 1. The highest BCUT2D eigenvalue weighted by Gasteiger charge is 2.11. The molecule has 2 aromatic rings. The summed E-state index contributed by atoms with van der Waals surface area (Å²) in [6.07, 6.45) is 1.11. The van der Waals surface area contributed by atoms with Gasteiger partial charge in [-0.15, -0.1) is 0 Å². The minimum absolute atomic E-state index is 0.0485. The summed E-state index contributed by atoms with van der Waals surface area (Å²) in [5.41, 5.74) is 1.68. The third-order valence-electron chi connectivity index (χ3n) is 3.84. The molecule has 0 spiro atoms. The molecule has 0 atom stereocenters. The zero-order chi connectivity index (χ0) is 21.4. The Hall–Kier alpha value is -2.75. The zero-order valence-electron chi connectivity index (χ0n) is 16.0. The molecule has 0 aliphatic heterocycles. The quantitative estimate of drug-likeness (QED) is 0.498. The molecule has 0 heterocycles. The second-order valence-electron chi connectivity index (χ2n) is 6.29. The second-order valence-corrected chi connectivity index (χ2v) is 8.43. The summed E-state index contributed by atoms with van der Waals surface area (Å²) in [6, 6.07) is 10.2. The third-order valence-corrected chi connectivity index (χ3v) is 4.67. The van der Waals surface area contributed by atoms with Crippen molar-refractivity contribution in [3.8, 4) is 5.75 Å². The van der Waals surface area contributed by atoms with E-state index in [9.17, 15) is 21.6 Å². The van der Waals surface area contributed by atoms with Gasteiger partial charge < -0.3 is 15.4 Å². The van der Waals surface area contributed by atoms with Crippen LogP contribution < -0.4 is 15.4 Å². The summed E-state index contributed by atoms with van der Waals surface area (Å²) in [5, 5.41) is 5.98. The Labute approximate surface area is 167 Å². The Morgan fingerprint density at radius 1 is 1.10 bits per heavy atom. The highest BCUT2D eigenvalue weighted by Crippen LogP contribution is 2.16. The first-order chi connectivity index (χ1) is 13.7. The molecule has 0 aliphatic rings. The highest BCUT2D eigenvalue weighted by molar-refractivity contribution is 7.89. The first-order valence-corrected chi connectivity index (χ1v) is 10.7. The number of hydrogen-bond acceptors (Lipinski definition) is 4. The van der Waals surface area contributed by atoms with E-state index >= 15 is 0 Å². The van der Waals surface area contributed by atoms with Gasteiger partial charge in [0.05, 0.1) is 5.75 Å². The number of halogens is 3. The first kappa shape index (κ1) is 22.5. The summed E-state index contributed by atoms with van der Waals surface area (Å²) in [6.45, 7) is -2.48. The molecule has 0 bridgehead atoms. The molecule has 2 rings (SSSR count). The number of guanidine groups is 1. The molecule has 0 aliphatic carbocycles. The third kappa shape index (κ3) is 8.02. The Kier molecular flexibility index (Phi) is 7.89. The first-order valence-electron chi connectivity index (χ1n) is 8.59. The lowest BCUT2D eigenvalue weighted by Gasteiger charge is -2.15. The van der Waals surface area contributed by atoms with Gasteiger partial charge in [-0.3, -0.25) is 4.99 Å². The number of rotatable bonds is 8. The molecule has 10 heteroatoms. The van der Waals surface area contributed by atoms with Gasteiger partial charge in [0, 0.05) is 26.4 Å². The van der Waals surface area contributed by atoms with Crippen molar-refractivity contribution >= 4 is 15.8 Å². The van der Waals surface area contributed by atoms with Gasteiger partial charge >= 0.3 is 6.61 Å². The SMILES string of the molecule is CN=C(NCc1cccc(OC(F)F)c1)NCc1cc(F)ccc1CS(C)(=O)=O. The Morgan fingerprint density at radius 2 is 1.83 bits per heavy atom. The van der Waals surface area contributed by atoms with E-state index in [0.717, 1.165) is 6.26 Å². The number of nitrogens with one attached hydrogen (secondary N) is 2. The number of alkyl halides is 2. The van der Waals surface area contributed by atoms with E-state index in [1.54, 1.807) is 12.1 Å². The molecule has 158 valence electrons. The molecule has 0 saturated heterocycles. The van der Waals surface area contributed by atoms with Crippen LogP contribution in [0.25, 0.3) is 0 Å². The van der Waals surface area contributed by atoms with E-state index < -0.39 is 22.3 Å². The smallest absolute Gasteiger partial charge is 0.387 e. The topological polar surface area (TPSA) is 79.8 Å². The van der Waals surface area contributed by atoms with E-state index in [1.165, 1.54) is 37.4 Å². The van der Waals surface area contributed by atoms with Crippen molar-refractivity contribution in [2.75, 3.05) is 13.3 Å². The van der Waals surface area contributed by atoms with Gasteiger partial charge in [-0.2, -0.15) is 8.78 Å². The van der Waals surface area contributed by atoms with Gasteiger partial charge in [0.15, 0.2) is 15.8 Å². The lowest BCUT2D eigenvalue weighted by Crippen LogP contribution is -2.36. The molecule has 2 N–H and O–H groups in total. The van der Waals surface area contributed by atoms with Crippen LogP contribution in [0.4, 0.5) is 13.2 Å². The monoisotopic (exact) mass is 429 g/mol. The molecule has 0 saturated carbocycles. The molecule has 2 aromatic carbocycles. The largest absolute Gasteiger partial charge is 0.435 e.